The number of aromatic nitrogens is 2. The van der Waals surface area contributed by atoms with Gasteiger partial charge in [0.1, 0.15) is 24.7 Å². The number of nitrogens with zero attached hydrogens (tertiary/aromatic N) is 3. The number of carbonyl (C=O) groups excluding carboxylic acids is 3. The maximum Gasteiger partial charge on any atom is 0.488 e. The molecule has 37 heavy (non-hydrogen) atoms. The minimum atomic E-state index is -3.40. The fourth-order valence-electron chi connectivity index (χ4n) is 4.11. The summed E-state index contributed by atoms with van der Waals surface area (Å²) in [5, 5.41) is 5.97. The molecule has 1 aromatic heterocycles. The van der Waals surface area contributed by atoms with E-state index < -0.39 is 51.1 Å². The van der Waals surface area contributed by atoms with E-state index >= 15 is 0 Å². The first-order chi connectivity index (χ1) is 17.7. The first-order valence-corrected chi connectivity index (χ1v) is 13.6. The second kappa shape index (κ2) is 11.9. The molecular weight excluding hydrogens is 508 g/mol. The molecule has 2 N–H and O–H groups in total. The van der Waals surface area contributed by atoms with Crippen molar-refractivity contribution in [2.45, 2.75) is 71.0 Å². The zero-order valence-corrected chi connectivity index (χ0v) is 21.8. The van der Waals surface area contributed by atoms with E-state index in [9.17, 15) is 14.4 Å². The normalized spacial score (nSPS) is 28.1. The molecule has 4 heterocycles. The molecule has 1 aromatic rings. The Morgan fingerprint density at radius 1 is 1.27 bits per heavy atom. The van der Waals surface area contributed by atoms with Crippen LogP contribution in [0.5, 0.6) is 0 Å². The molecule has 1 amide bonds. The van der Waals surface area contributed by atoms with E-state index in [0.29, 0.717) is 36.6 Å². The Kier molecular flexibility index (Phi) is 8.80. The molecule has 0 bridgehead atoms. The lowest BCUT2D eigenvalue weighted by molar-refractivity contribution is -0.157. The quantitative estimate of drug-likeness (QED) is 0.192. The summed E-state index contributed by atoms with van der Waals surface area (Å²) in [4.78, 5) is 46.1. The summed E-state index contributed by atoms with van der Waals surface area (Å²) in [5.74, 6) is -0.347. The number of anilines is 3. The van der Waals surface area contributed by atoms with Crippen molar-refractivity contribution in [2.75, 3.05) is 35.6 Å². The van der Waals surface area contributed by atoms with E-state index in [0.717, 1.165) is 0 Å². The standard InChI is InChI=1S/C21H30BN5O9P/c1-4-6-14(29)26-19-16-20(24-9-23-19)27(10-25-16)21-18(35-15(30)7-5-2)17-13(34-21)8-32-37(22,36-17)33-11-31-12(3)28/h9,13,17-18,21,25H,4-8,10-11H2,1-3H3,(H,23,24,26,29)/q+1/t13-,17-,18?,21?,37?/m1/s1. The van der Waals surface area contributed by atoms with Gasteiger partial charge in [0.05, 0.1) is 6.67 Å². The van der Waals surface area contributed by atoms with Gasteiger partial charge in [-0.1, -0.05) is 13.8 Å². The average molecular weight is 538 g/mol. The topological polar surface area (TPSA) is 160 Å². The van der Waals surface area contributed by atoms with Gasteiger partial charge in [-0.3, -0.25) is 14.4 Å². The van der Waals surface area contributed by atoms with Gasteiger partial charge >= 0.3 is 27.3 Å². The van der Waals surface area contributed by atoms with Crippen LogP contribution in [0.4, 0.5) is 17.3 Å². The molecule has 0 spiro atoms. The summed E-state index contributed by atoms with van der Waals surface area (Å²) in [6.45, 7) is 4.80. The lowest BCUT2D eigenvalue weighted by Crippen LogP contribution is -2.48. The molecule has 16 heteroatoms. The van der Waals surface area contributed by atoms with Gasteiger partial charge in [-0.25, -0.2) is 9.97 Å². The van der Waals surface area contributed by atoms with Crippen molar-refractivity contribution in [3.63, 3.8) is 0 Å². The van der Waals surface area contributed by atoms with Crippen molar-refractivity contribution in [3.05, 3.63) is 6.33 Å². The zero-order chi connectivity index (χ0) is 26.6. The zero-order valence-electron chi connectivity index (χ0n) is 20.9. The molecule has 3 aliphatic rings. The van der Waals surface area contributed by atoms with Crippen molar-refractivity contribution in [3.8, 4) is 0 Å². The molecule has 4 rings (SSSR count). The van der Waals surface area contributed by atoms with Crippen LogP contribution in [0, 0.1) is 0 Å². The summed E-state index contributed by atoms with van der Waals surface area (Å²) < 4.78 is 33.8. The number of hydrogen-bond donors (Lipinski definition) is 2. The Morgan fingerprint density at radius 2 is 2.05 bits per heavy atom. The summed E-state index contributed by atoms with van der Waals surface area (Å²) >= 11 is 0. The first-order valence-electron chi connectivity index (χ1n) is 12.0. The Balaban J connectivity index is 1.56. The number of rotatable bonds is 10. The van der Waals surface area contributed by atoms with Crippen molar-refractivity contribution in [2.24, 2.45) is 0 Å². The SMILES string of the molecule is [B][P+]1(OCOC(C)=O)OC[C@H]2OC(N3CNc4c(NC(=O)CCC)ncnc43)C(OC(=O)CCC)[C@@H]2O1. The van der Waals surface area contributed by atoms with E-state index in [2.05, 4.69) is 20.6 Å². The molecule has 2 radical (unpaired) electrons. The van der Waals surface area contributed by atoms with Crippen LogP contribution in [0.25, 0.3) is 0 Å². The van der Waals surface area contributed by atoms with Crippen LogP contribution in [-0.4, -0.2) is 80.0 Å². The van der Waals surface area contributed by atoms with E-state index in [1.54, 1.807) is 4.90 Å². The Bertz CT molecular complexity index is 1020. The predicted molar refractivity (Wildman–Crippen MR) is 131 cm³/mol. The van der Waals surface area contributed by atoms with Crippen molar-refractivity contribution in [1.29, 1.82) is 0 Å². The Hall–Kier alpha value is -2.58. The summed E-state index contributed by atoms with van der Waals surface area (Å²) in [5.41, 5.74) is 0.520. The molecule has 3 aliphatic heterocycles. The fraction of sp³-hybridized carbons (Fsp3) is 0.667. The molecular formula is C21H30BN5O9P+. The number of carbonyl (C=O) groups is 3. The number of hydrogen-bond acceptors (Lipinski definition) is 13. The van der Waals surface area contributed by atoms with Crippen LogP contribution < -0.4 is 15.5 Å². The predicted octanol–water partition coefficient (Wildman–Crippen LogP) is 1.64. The van der Waals surface area contributed by atoms with Gasteiger partial charge in [-0.2, -0.15) is 13.6 Å². The van der Waals surface area contributed by atoms with Gasteiger partial charge < -0.3 is 29.7 Å². The Labute approximate surface area is 216 Å². The van der Waals surface area contributed by atoms with Crippen molar-refractivity contribution in [1.82, 2.24) is 9.97 Å². The molecule has 200 valence electrons. The average Bonchev–Trinajstić information content (AvgIpc) is 3.41. The molecule has 5 atom stereocenters. The molecule has 0 aromatic carbocycles. The lowest BCUT2D eigenvalue weighted by Gasteiger charge is -2.32. The third kappa shape index (κ3) is 6.29. The molecule has 3 unspecified atom stereocenters. The number of amides is 1. The maximum atomic E-state index is 12.5. The van der Waals surface area contributed by atoms with Crippen LogP contribution in [0.3, 0.4) is 0 Å². The summed E-state index contributed by atoms with van der Waals surface area (Å²) in [7, 11) is 2.79. The number of fused-ring (bicyclic) bond motifs is 2. The maximum absolute atomic E-state index is 12.5. The smallest absolute Gasteiger partial charge is 0.454 e. The lowest BCUT2D eigenvalue weighted by atomic mass is 10.1. The van der Waals surface area contributed by atoms with Crippen LogP contribution in [0.2, 0.25) is 0 Å². The van der Waals surface area contributed by atoms with E-state index in [4.69, 9.17) is 35.3 Å². The second-order valence-corrected chi connectivity index (χ2v) is 10.4. The van der Waals surface area contributed by atoms with E-state index in [-0.39, 0.29) is 25.6 Å². The molecule has 14 nitrogen and oxygen atoms in total. The highest BCUT2D eigenvalue weighted by Gasteiger charge is 2.61. The largest absolute Gasteiger partial charge is 0.488 e. The molecule has 0 aliphatic carbocycles. The first kappa shape index (κ1) is 27.5. The fourth-order valence-corrected chi connectivity index (χ4v) is 5.46. The van der Waals surface area contributed by atoms with Gasteiger partial charge in [-0.15, -0.1) is 0 Å². The highest BCUT2D eigenvalue weighted by atomic mass is 31.2. The van der Waals surface area contributed by atoms with Crippen LogP contribution in [-0.2, 0) is 42.2 Å². The van der Waals surface area contributed by atoms with Gasteiger partial charge in [-0.05, 0) is 12.8 Å². The molecule has 0 saturated carbocycles. The third-order valence-corrected chi connectivity index (χ3v) is 7.27. The van der Waals surface area contributed by atoms with Crippen LogP contribution >= 0.6 is 7.82 Å². The molecule has 2 saturated heterocycles. The highest BCUT2D eigenvalue weighted by molar-refractivity contribution is 7.85. The number of esters is 2. The van der Waals surface area contributed by atoms with Gasteiger partial charge in [0.25, 0.3) is 0 Å². The van der Waals surface area contributed by atoms with E-state index in [1.807, 2.05) is 13.8 Å². The number of ether oxygens (including phenoxy) is 3. The second-order valence-electron chi connectivity index (χ2n) is 8.58. The van der Waals surface area contributed by atoms with Crippen molar-refractivity contribution >= 4 is 50.6 Å². The molecule has 2 fully saturated rings. The van der Waals surface area contributed by atoms with Crippen molar-refractivity contribution < 1.29 is 42.2 Å². The minimum absolute atomic E-state index is 0.00354. The van der Waals surface area contributed by atoms with Crippen LogP contribution in [0.15, 0.2) is 6.33 Å². The van der Waals surface area contributed by atoms with E-state index in [1.165, 1.54) is 13.3 Å². The van der Waals surface area contributed by atoms with Gasteiger partial charge in [0, 0.05) is 19.8 Å². The van der Waals surface area contributed by atoms with Gasteiger partial charge in [0.2, 0.25) is 12.7 Å². The summed E-state index contributed by atoms with van der Waals surface area (Å²) in [6.07, 6.45) is 0.00609. The third-order valence-electron chi connectivity index (χ3n) is 5.76. The van der Waals surface area contributed by atoms with Crippen LogP contribution in [0.1, 0.15) is 46.5 Å². The summed E-state index contributed by atoms with van der Waals surface area (Å²) in [6, 6.07) is 0. The van der Waals surface area contributed by atoms with Gasteiger partial charge in [0.15, 0.2) is 30.1 Å². The minimum Gasteiger partial charge on any atom is -0.454 e. The monoisotopic (exact) mass is 538 g/mol. The Morgan fingerprint density at radius 3 is 2.78 bits per heavy atom. The number of nitrogens with one attached hydrogen (secondary N) is 2. The highest BCUT2D eigenvalue weighted by Crippen LogP contribution is 2.62.